The zero-order valence-corrected chi connectivity index (χ0v) is 56.9. The van der Waals surface area contributed by atoms with E-state index in [9.17, 15) is 43.2 Å². The monoisotopic (exact) mass is 1250 g/mol. The Hall–Kier alpha value is -1.94. The van der Waals surface area contributed by atoms with E-state index in [4.69, 9.17) is 37.0 Å². The molecular formula is C66H128O17P2. The van der Waals surface area contributed by atoms with Crippen molar-refractivity contribution in [2.24, 2.45) is 17.8 Å². The Balaban J connectivity index is 5.24. The standard InChI is InChI=1S/C66H128O17P2/c1-8-9-10-11-12-13-14-15-16-20-25-33-40-47-63(68)76-53-61(82-65(70)49-42-35-26-21-18-17-19-23-30-37-44-57(2)3)55-80-84(72,73)78-51-60(67)52-79-85(74,75)81-56-62(54-77-64(69)48-41-34-29-28-32-39-46-59(6)7)83-66(71)50-43-36-27-22-24-31-38-45-58(4)5/h57-62,67H,8-56H2,1-7H3,(H,72,73)(H,74,75)/t60-,61-,62-/m1/s1. The smallest absolute Gasteiger partial charge is 0.462 e. The second kappa shape index (κ2) is 57.2. The summed E-state index contributed by atoms with van der Waals surface area (Å²) < 4.78 is 68.1. The molecule has 2 unspecified atom stereocenters. The molecule has 0 radical (unpaired) electrons. The number of esters is 4. The lowest BCUT2D eigenvalue weighted by Gasteiger charge is -2.21. The largest absolute Gasteiger partial charge is 0.472 e. The quantitative estimate of drug-likeness (QED) is 0.0222. The van der Waals surface area contributed by atoms with Gasteiger partial charge in [-0.05, 0) is 43.4 Å². The fraction of sp³-hybridized carbons (Fsp3) is 0.939. The van der Waals surface area contributed by atoms with Crippen LogP contribution in [0.2, 0.25) is 0 Å². The first kappa shape index (κ1) is 83.1. The van der Waals surface area contributed by atoms with E-state index in [1.807, 2.05) is 0 Å². The van der Waals surface area contributed by atoms with Crippen LogP contribution in [0.25, 0.3) is 0 Å². The van der Waals surface area contributed by atoms with Gasteiger partial charge in [-0.2, -0.15) is 0 Å². The topological polar surface area (TPSA) is 237 Å². The minimum absolute atomic E-state index is 0.102. The Morgan fingerprint density at radius 2 is 0.541 bits per heavy atom. The summed E-state index contributed by atoms with van der Waals surface area (Å²) >= 11 is 0. The molecule has 0 aromatic carbocycles. The van der Waals surface area contributed by atoms with Crippen molar-refractivity contribution in [2.45, 2.75) is 343 Å². The van der Waals surface area contributed by atoms with Gasteiger partial charge in [0, 0.05) is 25.7 Å². The van der Waals surface area contributed by atoms with Gasteiger partial charge in [-0.3, -0.25) is 37.3 Å². The van der Waals surface area contributed by atoms with E-state index >= 15 is 0 Å². The van der Waals surface area contributed by atoms with Crippen LogP contribution in [-0.2, 0) is 65.4 Å². The molecular weight excluding hydrogens is 1130 g/mol. The first-order valence-corrected chi connectivity index (χ1v) is 37.3. The molecule has 0 aliphatic carbocycles. The number of carbonyl (C=O) groups excluding carboxylic acids is 4. The van der Waals surface area contributed by atoms with Crippen molar-refractivity contribution >= 4 is 39.5 Å². The average molecular weight is 1260 g/mol. The first-order chi connectivity index (χ1) is 40.7. The third-order valence-electron chi connectivity index (χ3n) is 15.1. The van der Waals surface area contributed by atoms with Crippen molar-refractivity contribution < 1.29 is 80.2 Å². The number of rotatable bonds is 64. The van der Waals surface area contributed by atoms with Gasteiger partial charge < -0.3 is 33.8 Å². The average Bonchev–Trinajstić information content (AvgIpc) is 3.56. The predicted molar refractivity (Wildman–Crippen MR) is 340 cm³/mol. The highest BCUT2D eigenvalue weighted by atomic mass is 31.2. The zero-order valence-electron chi connectivity index (χ0n) is 55.1. The minimum Gasteiger partial charge on any atom is -0.462 e. The molecule has 19 heteroatoms. The molecule has 0 bridgehead atoms. The summed E-state index contributed by atoms with van der Waals surface area (Å²) in [6, 6.07) is 0. The Morgan fingerprint density at radius 1 is 0.318 bits per heavy atom. The molecule has 0 saturated heterocycles. The van der Waals surface area contributed by atoms with Gasteiger partial charge in [0.1, 0.15) is 19.3 Å². The SMILES string of the molecule is CCCCCCCCCCCCCCCC(=O)OC[C@H](COP(=O)(O)OC[C@@H](O)COP(=O)(O)OC[C@@H](COC(=O)CCCCCCCCC(C)C)OC(=O)CCCCCCCCCC(C)C)OC(=O)CCCCCCCCCCCCC(C)C. The molecule has 0 aromatic rings. The van der Waals surface area contributed by atoms with Gasteiger partial charge in [-0.1, -0.05) is 273 Å². The molecule has 3 N–H and O–H groups in total. The van der Waals surface area contributed by atoms with Crippen LogP contribution in [0.15, 0.2) is 0 Å². The van der Waals surface area contributed by atoms with E-state index in [-0.39, 0.29) is 25.7 Å². The number of hydrogen-bond acceptors (Lipinski definition) is 15. The summed E-state index contributed by atoms with van der Waals surface area (Å²) in [7, 11) is -9.89. The van der Waals surface area contributed by atoms with Crippen LogP contribution >= 0.6 is 15.6 Å². The van der Waals surface area contributed by atoms with Gasteiger partial charge in [0.15, 0.2) is 12.2 Å². The number of phosphoric acid groups is 2. The van der Waals surface area contributed by atoms with E-state index in [2.05, 4.69) is 48.5 Å². The second-order valence-corrected chi connectivity index (χ2v) is 28.2. The Labute approximate surface area is 517 Å². The van der Waals surface area contributed by atoms with Crippen LogP contribution in [0.1, 0.15) is 325 Å². The van der Waals surface area contributed by atoms with Gasteiger partial charge in [0.05, 0.1) is 26.4 Å². The van der Waals surface area contributed by atoms with E-state index in [0.717, 1.165) is 102 Å². The molecule has 504 valence electrons. The molecule has 0 rings (SSSR count). The van der Waals surface area contributed by atoms with E-state index < -0.39 is 97.5 Å². The van der Waals surface area contributed by atoms with Crippen LogP contribution in [0, 0.1) is 17.8 Å². The van der Waals surface area contributed by atoms with E-state index in [1.165, 1.54) is 128 Å². The molecule has 0 aromatic heterocycles. The van der Waals surface area contributed by atoms with Crippen LogP contribution in [0.3, 0.4) is 0 Å². The fourth-order valence-electron chi connectivity index (χ4n) is 9.83. The van der Waals surface area contributed by atoms with Crippen molar-refractivity contribution in [2.75, 3.05) is 39.6 Å². The van der Waals surface area contributed by atoms with Crippen LogP contribution in [0.4, 0.5) is 0 Å². The summed E-state index contributed by atoms with van der Waals surface area (Å²) in [5.41, 5.74) is 0. The molecule has 0 amide bonds. The highest BCUT2D eigenvalue weighted by Crippen LogP contribution is 2.45. The van der Waals surface area contributed by atoms with E-state index in [1.54, 1.807) is 0 Å². The molecule has 5 atom stereocenters. The lowest BCUT2D eigenvalue weighted by atomic mass is 10.0. The first-order valence-electron chi connectivity index (χ1n) is 34.3. The van der Waals surface area contributed by atoms with Gasteiger partial charge in [0.2, 0.25) is 0 Å². The predicted octanol–water partition coefficient (Wildman–Crippen LogP) is 18.3. The fourth-order valence-corrected chi connectivity index (χ4v) is 11.4. The highest BCUT2D eigenvalue weighted by molar-refractivity contribution is 7.47. The Bertz CT molecular complexity index is 1680. The molecule has 0 spiro atoms. The van der Waals surface area contributed by atoms with Crippen molar-refractivity contribution in [3.63, 3.8) is 0 Å². The normalized spacial score (nSPS) is 14.3. The van der Waals surface area contributed by atoms with Crippen molar-refractivity contribution in [3.05, 3.63) is 0 Å². The van der Waals surface area contributed by atoms with Gasteiger partial charge in [-0.25, -0.2) is 9.13 Å². The lowest BCUT2D eigenvalue weighted by Crippen LogP contribution is -2.30. The summed E-state index contributed by atoms with van der Waals surface area (Å²) in [5.74, 6) is -0.00826. The van der Waals surface area contributed by atoms with Crippen LogP contribution in [-0.4, -0.2) is 96.7 Å². The number of aliphatic hydroxyl groups is 1. The van der Waals surface area contributed by atoms with Crippen LogP contribution in [0.5, 0.6) is 0 Å². The van der Waals surface area contributed by atoms with Crippen molar-refractivity contribution in [1.82, 2.24) is 0 Å². The third-order valence-corrected chi connectivity index (χ3v) is 17.0. The maximum atomic E-state index is 13.0. The minimum atomic E-state index is -4.95. The number of phosphoric ester groups is 2. The van der Waals surface area contributed by atoms with Crippen LogP contribution < -0.4 is 0 Å². The highest BCUT2D eigenvalue weighted by Gasteiger charge is 2.30. The maximum Gasteiger partial charge on any atom is 0.472 e. The molecule has 85 heavy (non-hydrogen) atoms. The summed E-state index contributed by atoms with van der Waals surface area (Å²) in [5, 5.41) is 10.5. The van der Waals surface area contributed by atoms with Gasteiger partial charge in [-0.15, -0.1) is 0 Å². The molecule has 0 heterocycles. The zero-order chi connectivity index (χ0) is 63.1. The van der Waals surface area contributed by atoms with Crippen molar-refractivity contribution in [3.8, 4) is 0 Å². The van der Waals surface area contributed by atoms with Crippen molar-refractivity contribution in [1.29, 1.82) is 0 Å². The lowest BCUT2D eigenvalue weighted by molar-refractivity contribution is -0.161. The number of carbonyl (C=O) groups is 4. The molecule has 0 aliphatic rings. The number of ether oxygens (including phenoxy) is 4. The van der Waals surface area contributed by atoms with Gasteiger partial charge >= 0.3 is 39.5 Å². The molecule has 17 nitrogen and oxygen atoms in total. The number of hydrogen-bond donors (Lipinski definition) is 3. The third kappa shape index (κ3) is 60.7. The summed E-state index contributed by atoms with van der Waals surface area (Å²) in [6.07, 6.45) is 39.1. The number of aliphatic hydroxyl groups excluding tert-OH is 1. The second-order valence-electron chi connectivity index (χ2n) is 25.3. The molecule has 0 saturated carbocycles. The van der Waals surface area contributed by atoms with Gasteiger partial charge in [0.25, 0.3) is 0 Å². The number of unbranched alkanes of at least 4 members (excludes halogenated alkanes) is 32. The maximum absolute atomic E-state index is 13.0. The Morgan fingerprint density at radius 3 is 0.800 bits per heavy atom. The summed E-state index contributed by atoms with van der Waals surface area (Å²) in [4.78, 5) is 72.3. The molecule has 0 aliphatic heterocycles. The summed E-state index contributed by atoms with van der Waals surface area (Å²) in [6.45, 7) is 11.7. The van der Waals surface area contributed by atoms with E-state index in [0.29, 0.717) is 37.5 Å². The Kier molecular flexibility index (Phi) is 55.9. The molecule has 0 fully saturated rings.